The Labute approximate surface area is 168 Å². The maximum atomic E-state index is 13.8. The predicted octanol–water partition coefficient (Wildman–Crippen LogP) is 7.28. The maximum absolute atomic E-state index is 13.8. The minimum atomic E-state index is -2.98. The lowest BCUT2D eigenvalue weighted by Crippen LogP contribution is -2.43. The molecule has 0 aliphatic carbocycles. The van der Waals surface area contributed by atoms with E-state index in [1.54, 1.807) is 0 Å². The van der Waals surface area contributed by atoms with Crippen LogP contribution in [-0.4, -0.2) is 17.9 Å². The molecule has 0 spiro atoms. The predicted molar refractivity (Wildman–Crippen MR) is 116 cm³/mol. The number of allylic oxidation sites excluding steroid dienone is 2. The first kappa shape index (κ1) is 21.4. The van der Waals surface area contributed by atoms with Crippen molar-refractivity contribution in [2.24, 2.45) is 0 Å². The van der Waals surface area contributed by atoms with Crippen molar-refractivity contribution in [1.82, 2.24) is 0 Å². The second-order valence-corrected chi connectivity index (χ2v) is 12.4. The highest BCUT2D eigenvalue weighted by Gasteiger charge is 2.61. The Hall–Kier alpha value is -0.310. The number of sulfone groups is 1. The van der Waals surface area contributed by atoms with Crippen LogP contribution < -0.4 is 0 Å². The molecule has 2 bridgehead atoms. The molecule has 0 amide bonds. The Morgan fingerprint density at radius 3 is 1.22 bits per heavy atom. The van der Waals surface area contributed by atoms with Gasteiger partial charge in [-0.25, -0.2) is 8.42 Å². The molecule has 156 valence electrons. The van der Waals surface area contributed by atoms with Crippen LogP contribution in [0.2, 0.25) is 0 Å². The van der Waals surface area contributed by atoms with E-state index in [-0.39, 0.29) is 9.49 Å². The SMILES string of the molecule is O=S1(=O)[C@@]23CCCCCCC/C=C\CCCCCCC[C@@]1(CCCC2)CC3. The molecule has 0 aromatic heterocycles. The van der Waals surface area contributed by atoms with Crippen molar-refractivity contribution in [2.45, 2.75) is 138 Å². The van der Waals surface area contributed by atoms with Crippen molar-refractivity contribution in [1.29, 1.82) is 0 Å². The highest BCUT2D eigenvalue weighted by atomic mass is 32.2. The fraction of sp³-hybridized carbons (Fsp3) is 0.917. The molecule has 3 aliphatic heterocycles. The Bertz CT molecular complexity index is 535. The quantitative estimate of drug-likeness (QED) is 0.405. The summed E-state index contributed by atoms with van der Waals surface area (Å²) in [4.78, 5) is 0. The summed E-state index contributed by atoms with van der Waals surface area (Å²) in [5, 5.41) is 0. The molecule has 0 saturated carbocycles. The molecule has 3 aliphatic rings. The van der Waals surface area contributed by atoms with Crippen LogP contribution in [0.15, 0.2) is 12.2 Å². The Kier molecular flexibility index (Phi) is 7.88. The lowest BCUT2D eigenvalue weighted by atomic mass is 9.81. The molecule has 2 atom stereocenters. The zero-order valence-corrected chi connectivity index (χ0v) is 18.3. The molecule has 0 radical (unpaired) electrons. The van der Waals surface area contributed by atoms with Gasteiger partial charge in [0.2, 0.25) is 0 Å². The van der Waals surface area contributed by atoms with Gasteiger partial charge in [-0.3, -0.25) is 0 Å². The molecule has 2 fully saturated rings. The van der Waals surface area contributed by atoms with Crippen molar-refractivity contribution < 1.29 is 8.42 Å². The van der Waals surface area contributed by atoms with Crippen molar-refractivity contribution >= 4 is 9.84 Å². The van der Waals surface area contributed by atoms with Crippen LogP contribution in [0.25, 0.3) is 0 Å². The van der Waals surface area contributed by atoms with E-state index in [0.29, 0.717) is 0 Å². The van der Waals surface area contributed by atoms with E-state index >= 15 is 0 Å². The van der Waals surface area contributed by atoms with Gasteiger partial charge in [0.1, 0.15) is 0 Å². The maximum Gasteiger partial charge on any atom is 0.161 e. The van der Waals surface area contributed by atoms with Crippen molar-refractivity contribution in [3.05, 3.63) is 12.2 Å². The highest BCUT2D eigenvalue weighted by Crippen LogP contribution is 2.56. The third-order valence-electron chi connectivity index (χ3n) is 7.86. The normalized spacial score (nSPS) is 38.1. The first-order valence-electron chi connectivity index (χ1n) is 12.0. The van der Waals surface area contributed by atoms with Gasteiger partial charge in [-0.05, 0) is 64.2 Å². The topological polar surface area (TPSA) is 34.1 Å². The Balaban J connectivity index is 1.67. The minimum absolute atomic E-state index is 0.352. The standard InChI is InChI=1S/C24H42O2S/c25-27(26)23-17-13-11-9-7-5-3-1-2-4-6-8-10-12-14-18-24(27,22-21-23)20-16-15-19-23/h1-2H,3-22H2/b2-1-/t23-,24+. The smallest absolute Gasteiger partial charge is 0.161 e. The van der Waals surface area contributed by atoms with Crippen LogP contribution in [-0.2, 0) is 9.84 Å². The zero-order chi connectivity index (χ0) is 19.1. The van der Waals surface area contributed by atoms with Crippen LogP contribution in [0.5, 0.6) is 0 Å². The van der Waals surface area contributed by atoms with Gasteiger partial charge in [0.25, 0.3) is 0 Å². The number of hydrogen-bond acceptors (Lipinski definition) is 2. The minimum Gasteiger partial charge on any atom is -0.228 e. The molecule has 0 aromatic carbocycles. The van der Waals surface area contributed by atoms with Gasteiger partial charge in [0, 0.05) is 0 Å². The third-order valence-corrected chi connectivity index (χ3v) is 11.4. The summed E-state index contributed by atoms with van der Waals surface area (Å²) < 4.78 is 26.8. The molecule has 3 heteroatoms. The van der Waals surface area contributed by atoms with Gasteiger partial charge >= 0.3 is 0 Å². The average molecular weight is 395 g/mol. The first-order chi connectivity index (χ1) is 13.1. The van der Waals surface area contributed by atoms with Crippen LogP contribution in [0.1, 0.15) is 128 Å². The monoisotopic (exact) mass is 394 g/mol. The average Bonchev–Trinajstić information content (AvgIpc) is 2.77. The fourth-order valence-corrected chi connectivity index (χ4v) is 9.39. The van der Waals surface area contributed by atoms with Gasteiger partial charge in [0.05, 0.1) is 9.49 Å². The van der Waals surface area contributed by atoms with Gasteiger partial charge in [0.15, 0.2) is 9.84 Å². The van der Waals surface area contributed by atoms with Crippen molar-refractivity contribution in [3.63, 3.8) is 0 Å². The lowest BCUT2D eigenvalue weighted by Gasteiger charge is -2.32. The first-order valence-corrected chi connectivity index (χ1v) is 13.5. The van der Waals surface area contributed by atoms with Gasteiger partial charge in [-0.2, -0.15) is 0 Å². The van der Waals surface area contributed by atoms with Gasteiger partial charge in [-0.15, -0.1) is 0 Å². The molecule has 2 nitrogen and oxygen atoms in total. The summed E-state index contributed by atoms with van der Waals surface area (Å²) in [6.45, 7) is 0. The molecular weight excluding hydrogens is 352 g/mol. The van der Waals surface area contributed by atoms with E-state index in [1.807, 2.05) is 0 Å². The number of hydrogen-bond donors (Lipinski definition) is 0. The van der Waals surface area contributed by atoms with Crippen LogP contribution in [0.3, 0.4) is 0 Å². The van der Waals surface area contributed by atoms with Crippen molar-refractivity contribution in [3.8, 4) is 0 Å². The molecule has 0 unspecified atom stereocenters. The van der Waals surface area contributed by atoms with E-state index in [9.17, 15) is 8.42 Å². The Morgan fingerprint density at radius 1 is 0.444 bits per heavy atom. The molecule has 2 saturated heterocycles. The van der Waals surface area contributed by atoms with E-state index < -0.39 is 9.84 Å². The van der Waals surface area contributed by atoms with Crippen LogP contribution >= 0.6 is 0 Å². The largest absolute Gasteiger partial charge is 0.228 e. The number of rotatable bonds is 0. The van der Waals surface area contributed by atoms with E-state index in [2.05, 4.69) is 12.2 Å². The summed E-state index contributed by atoms with van der Waals surface area (Å²) in [7, 11) is -2.98. The van der Waals surface area contributed by atoms with E-state index in [4.69, 9.17) is 0 Å². The second-order valence-electron chi connectivity index (χ2n) is 9.66. The summed E-state index contributed by atoms with van der Waals surface area (Å²) >= 11 is 0. The zero-order valence-electron chi connectivity index (χ0n) is 17.5. The summed E-state index contributed by atoms with van der Waals surface area (Å²) in [6, 6.07) is 0. The second kappa shape index (κ2) is 9.94. The van der Waals surface area contributed by atoms with E-state index in [1.165, 1.54) is 64.2 Å². The lowest BCUT2D eigenvalue weighted by molar-refractivity contribution is 0.367. The third kappa shape index (κ3) is 4.82. The molecular formula is C24H42O2S. The Morgan fingerprint density at radius 2 is 0.778 bits per heavy atom. The fourth-order valence-electron chi connectivity index (χ4n) is 6.08. The molecule has 0 aromatic rings. The summed E-state index contributed by atoms with van der Waals surface area (Å²) in [5.41, 5.74) is 0. The molecule has 0 N–H and O–H groups in total. The van der Waals surface area contributed by atoms with Gasteiger partial charge in [-0.1, -0.05) is 76.4 Å². The summed E-state index contributed by atoms with van der Waals surface area (Å²) in [6.07, 6.45) is 27.6. The van der Waals surface area contributed by atoms with Crippen molar-refractivity contribution in [2.75, 3.05) is 0 Å². The van der Waals surface area contributed by atoms with E-state index in [0.717, 1.165) is 64.2 Å². The highest BCUT2D eigenvalue weighted by molar-refractivity contribution is 7.94. The molecule has 27 heavy (non-hydrogen) atoms. The summed E-state index contributed by atoms with van der Waals surface area (Å²) in [5.74, 6) is 0. The van der Waals surface area contributed by atoms with Crippen LogP contribution in [0.4, 0.5) is 0 Å². The molecule has 3 rings (SSSR count). The molecule has 3 heterocycles. The van der Waals surface area contributed by atoms with Gasteiger partial charge < -0.3 is 0 Å². The van der Waals surface area contributed by atoms with Crippen LogP contribution in [0, 0.1) is 0 Å².